The highest BCUT2D eigenvalue weighted by Gasteiger charge is 2.13. The lowest BCUT2D eigenvalue weighted by molar-refractivity contribution is 0.659. The van der Waals surface area contributed by atoms with Gasteiger partial charge in [-0.15, -0.1) is 10.2 Å². The number of nitrogens with zero attached hydrogens (tertiary/aromatic N) is 6. The van der Waals surface area contributed by atoms with Crippen molar-refractivity contribution >= 4 is 23.5 Å². The van der Waals surface area contributed by atoms with Crippen molar-refractivity contribution in [3.05, 3.63) is 58.7 Å². The molecule has 0 bridgehead atoms. The van der Waals surface area contributed by atoms with Gasteiger partial charge in [0.25, 0.3) is 0 Å². The Bertz CT molecular complexity index is 939. The van der Waals surface area contributed by atoms with Gasteiger partial charge in [0.1, 0.15) is 5.82 Å². The SMILES string of the molecule is CCn1c(CSc2nc(C)cc(C)n2)nnc1SCc1ccc(C#N)cc1. The molecule has 0 aliphatic carbocycles. The molecule has 0 fully saturated rings. The van der Waals surface area contributed by atoms with Crippen molar-refractivity contribution in [3.63, 3.8) is 0 Å². The van der Waals surface area contributed by atoms with Gasteiger partial charge < -0.3 is 4.57 Å². The van der Waals surface area contributed by atoms with E-state index in [0.717, 1.165) is 45.4 Å². The fraction of sp³-hybridized carbons (Fsp3) is 0.316. The molecule has 0 saturated heterocycles. The van der Waals surface area contributed by atoms with Gasteiger partial charge in [-0.2, -0.15) is 5.26 Å². The van der Waals surface area contributed by atoms with Crippen LogP contribution in [0.25, 0.3) is 0 Å². The van der Waals surface area contributed by atoms with Gasteiger partial charge in [0, 0.05) is 23.7 Å². The summed E-state index contributed by atoms with van der Waals surface area (Å²) in [6, 6.07) is 11.7. The first-order chi connectivity index (χ1) is 13.1. The Morgan fingerprint density at radius 2 is 1.70 bits per heavy atom. The van der Waals surface area contributed by atoms with E-state index in [9.17, 15) is 0 Å². The number of rotatable bonds is 7. The summed E-state index contributed by atoms with van der Waals surface area (Å²) in [6.07, 6.45) is 0. The van der Waals surface area contributed by atoms with Crippen LogP contribution in [-0.4, -0.2) is 24.7 Å². The van der Waals surface area contributed by atoms with Gasteiger partial charge in [-0.1, -0.05) is 35.7 Å². The summed E-state index contributed by atoms with van der Waals surface area (Å²) >= 11 is 3.23. The maximum atomic E-state index is 8.88. The third kappa shape index (κ3) is 5.08. The first-order valence-corrected chi connectivity index (χ1v) is 10.5. The second-order valence-corrected chi connectivity index (χ2v) is 7.85. The van der Waals surface area contributed by atoms with Gasteiger partial charge in [0.2, 0.25) is 0 Å². The Labute approximate surface area is 167 Å². The van der Waals surface area contributed by atoms with Gasteiger partial charge in [0.15, 0.2) is 10.3 Å². The molecule has 1 aromatic carbocycles. The zero-order valence-corrected chi connectivity index (χ0v) is 17.1. The van der Waals surface area contributed by atoms with Crippen LogP contribution in [0.3, 0.4) is 0 Å². The molecule has 3 aromatic rings. The van der Waals surface area contributed by atoms with Crippen molar-refractivity contribution in [3.8, 4) is 6.07 Å². The van der Waals surface area contributed by atoms with Crippen molar-refractivity contribution in [2.45, 2.75) is 49.1 Å². The Kier molecular flexibility index (Phi) is 6.48. The molecule has 0 atom stereocenters. The Hall–Kier alpha value is -2.37. The number of nitriles is 1. The van der Waals surface area contributed by atoms with Crippen molar-refractivity contribution in [2.24, 2.45) is 0 Å². The minimum atomic E-state index is 0.674. The molecule has 2 aromatic heterocycles. The molecule has 0 saturated carbocycles. The summed E-state index contributed by atoms with van der Waals surface area (Å²) in [5.41, 5.74) is 3.78. The number of hydrogen-bond donors (Lipinski definition) is 0. The van der Waals surface area contributed by atoms with Crippen LogP contribution in [0.1, 0.15) is 35.3 Å². The Morgan fingerprint density at radius 3 is 2.33 bits per heavy atom. The summed E-state index contributed by atoms with van der Waals surface area (Å²) in [4.78, 5) is 8.94. The quantitative estimate of drug-likeness (QED) is 0.438. The fourth-order valence-electron chi connectivity index (χ4n) is 2.56. The van der Waals surface area contributed by atoms with E-state index in [1.165, 1.54) is 0 Å². The van der Waals surface area contributed by atoms with Crippen LogP contribution in [0.5, 0.6) is 0 Å². The lowest BCUT2D eigenvalue weighted by atomic mass is 10.2. The Balaban J connectivity index is 1.65. The van der Waals surface area contributed by atoms with Crippen LogP contribution in [0.4, 0.5) is 0 Å². The smallest absolute Gasteiger partial charge is 0.191 e. The van der Waals surface area contributed by atoms with Crippen molar-refractivity contribution in [2.75, 3.05) is 0 Å². The standard InChI is InChI=1S/C19H20N6S2/c1-4-25-17(12-26-18-21-13(2)9-14(3)22-18)23-24-19(25)27-11-16-7-5-15(10-20)6-8-16/h5-9H,4,11-12H2,1-3H3. The summed E-state index contributed by atoms with van der Waals surface area (Å²) < 4.78 is 2.13. The molecule has 8 heteroatoms. The van der Waals surface area contributed by atoms with Crippen LogP contribution < -0.4 is 0 Å². The zero-order valence-electron chi connectivity index (χ0n) is 15.5. The molecule has 3 rings (SSSR count). The highest BCUT2D eigenvalue weighted by atomic mass is 32.2. The average molecular weight is 397 g/mol. The molecule has 0 unspecified atom stereocenters. The molecule has 0 aliphatic heterocycles. The maximum Gasteiger partial charge on any atom is 0.191 e. The molecule has 0 aliphatic rings. The van der Waals surface area contributed by atoms with Crippen molar-refractivity contribution in [1.82, 2.24) is 24.7 Å². The van der Waals surface area contributed by atoms with Crippen molar-refractivity contribution in [1.29, 1.82) is 5.26 Å². The molecule has 0 N–H and O–H groups in total. The topological polar surface area (TPSA) is 80.3 Å². The number of aryl methyl sites for hydroxylation is 2. The lowest BCUT2D eigenvalue weighted by Gasteiger charge is -2.07. The predicted octanol–water partition coefficient (Wildman–Crippen LogP) is 4.16. The van der Waals surface area contributed by atoms with Gasteiger partial charge in [-0.3, -0.25) is 0 Å². The van der Waals surface area contributed by atoms with E-state index in [4.69, 9.17) is 5.26 Å². The van der Waals surface area contributed by atoms with E-state index >= 15 is 0 Å². The largest absolute Gasteiger partial charge is 0.306 e. The third-order valence-corrected chi connectivity index (χ3v) is 5.73. The average Bonchev–Trinajstić information content (AvgIpc) is 3.06. The van der Waals surface area contributed by atoms with Crippen molar-refractivity contribution < 1.29 is 0 Å². The summed E-state index contributed by atoms with van der Waals surface area (Å²) in [5, 5.41) is 19.3. The van der Waals surface area contributed by atoms with Crippen LogP contribution >= 0.6 is 23.5 Å². The molecule has 27 heavy (non-hydrogen) atoms. The second kappa shape index (κ2) is 9.02. The number of hydrogen-bond acceptors (Lipinski definition) is 7. The van der Waals surface area contributed by atoms with Crippen LogP contribution in [0.15, 0.2) is 40.6 Å². The first-order valence-electron chi connectivity index (χ1n) is 8.58. The zero-order chi connectivity index (χ0) is 19.2. The summed E-state index contributed by atoms with van der Waals surface area (Å²) in [6.45, 7) is 6.86. The third-order valence-electron chi connectivity index (χ3n) is 3.85. The normalized spacial score (nSPS) is 10.7. The Morgan fingerprint density at radius 1 is 1.00 bits per heavy atom. The van der Waals surface area contributed by atoms with Crippen LogP contribution in [0, 0.1) is 25.2 Å². The van der Waals surface area contributed by atoms with E-state index in [0.29, 0.717) is 11.3 Å². The maximum absolute atomic E-state index is 8.88. The lowest BCUT2D eigenvalue weighted by Crippen LogP contribution is -2.03. The van der Waals surface area contributed by atoms with Crippen LogP contribution in [0.2, 0.25) is 0 Å². The molecule has 6 nitrogen and oxygen atoms in total. The molecule has 2 heterocycles. The minimum absolute atomic E-state index is 0.674. The summed E-state index contributed by atoms with van der Waals surface area (Å²) in [7, 11) is 0. The van der Waals surface area contributed by atoms with E-state index in [-0.39, 0.29) is 0 Å². The highest BCUT2D eigenvalue weighted by molar-refractivity contribution is 7.98. The van der Waals surface area contributed by atoms with Gasteiger partial charge in [0.05, 0.1) is 17.4 Å². The molecular weight excluding hydrogens is 376 g/mol. The number of thioether (sulfide) groups is 2. The molecule has 0 amide bonds. The van der Waals surface area contributed by atoms with Gasteiger partial charge in [-0.05, 0) is 44.5 Å². The predicted molar refractivity (Wildman–Crippen MR) is 107 cm³/mol. The van der Waals surface area contributed by atoms with E-state index in [2.05, 4.69) is 37.7 Å². The highest BCUT2D eigenvalue weighted by Crippen LogP contribution is 2.25. The van der Waals surface area contributed by atoms with E-state index in [1.54, 1.807) is 23.5 Å². The molecule has 0 radical (unpaired) electrons. The van der Waals surface area contributed by atoms with Crippen LogP contribution in [-0.2, 0) is 18.1 Å². The second-order valence-electron chi connectivity index (χ2n) is 5.96. The minimum Gasteiger partial charge on any atom is -0.306 e. The van der Waals surface area contributed by atoms with E-state index < -0.39 is 0 Å². The first kappa shape index (κ1) is 19.4. The van der Waals surface area contributed by atoms with Gasteiger partial charge in [-0.25, -0.2) is 9.97 Å². The molecular formula is C19H20N6S2. The monoisotopic (exact) mass is 396 g/mol. The number of aromatic nitrogens is 5. The summed E-state index contributed by atoms with van der Waals surface area (Å²) in [5.74, 6) is 2.39. The number of benzene rings is 1. The fourth-order valence-corrected chi connectivity index (χ4v) is 4.43. The van der Waals surface area contributed by atoms with Gasteiger partial charge >= 0.3 is 0 Å². The molecule has 0 spiro atoms. The van der Waals surface area contributed by atoms with E-state index in [1.807, 2.05) is 44.2 Å². The molecule has 138 valence electrons.